The van der Waals surface area contributed by atoms with Crippen molar-refractivity contribution in [2.45, 2.75) is 50.5 Å². The van der Waals surface area contributed by atoms with Gasteiger partial charge in [-0.2, -0.15) is 4.98 Å². The number of benzene rings is 1. The third kappa shape index (κ3) is 3.57. The lowest BCUT2D eigenvalue weighted by molar-refractivity contribution is 0.307. The third-order valence-corrected chi connectivity index (χ3v) is 4.94. The zero-order chi connectivity index (χ0) is 16.3. The van der Waals surface area contributed by atoms with Gasteiger partial charge in [0.15, 0.2) is 5.82 Å². The first kappa shape index (κ1) is 18.7. The van der Waals surface area contributed by atoms with Crippen molar-refractivity contribution in [2.75, 3.05) is 14.2 Å². The summed E-state index contributed by atoms with van der Waals surface area (Å²) in [6.45, 7) is 2.11. The molecule has 0 bridgehead atoms. The number of likely N-dealkylation sites (N-methyl/N-ethyl adjacent to an activating group) is 1. The van der Waals surface area contributed by atoms with Gasteiger partial charge in [0.05, 0.1) is 12.5 Å². The predicted molar refractivity (Wildman–Crippen MR) is 96.0 cm³/mol. The van der Waals surface area contributed by atoms with Crippen LogP contribution in [0.25, 0.3) is 0 Å². The fraction of sp³-hybridized carbons (Fsp3) is 0.556. The maximum Gasteiger partial charge on any atom is 0.237 e. The van der Waals surface area contributed by atoms with Gasteiger partial charge in [-0.25, -0.2) is 0 Å². The van der Waals surface area contributed by atoms with Crippen molar-refractivity contribution in [3.05, 3.63) is 41.5 Å². The van der Waals surface area contributed by atoms with Crippen LogP contribution in [-0.4, -0.2) is 30.3 Å². The Morgan fingerprint density at radius 2 is 2.08 bits per heavy atom. The Bertz CT molecular complexity index is 653. The van der Waals surface area contributed by atoms with Gasteiger partial charge in [-0.3, -0.25) is 0 Å². The molecule has 1 N–H and O–H groups in total. The van der Waals surface area contributed by atoms with Crippen molar-refractivity contribution < 1.29 is 9.26 Å². The van der Waals surface area contributed by atoms with Crippen LogP contribution in [0.5, 0.6) is 5.75 Å². The van der Waals surface area contributed by atoms with Crippen LogP contribution < -0.4 is 10.1 Å². The molecule has 0 amide bonds. The first-order valence-electron chi connectivity index (χ1n) is 8.33. The number of ether oxygens (including phenoxy) is 1. The molecule has 1 aliphatic carbocycles. The SMILES string of the molecule is CNC(C)Cc1noc(C2(c3cccc(OC)c3)CCCC2)n1.Cl. The van der Waals surface area contributed by atoms with Gasteiger partial charge in [0.2, 0.25) is 5.89 Å². The summed E-state index contributed by atoms with van der Waals surface area (Å²) in [5, 5.41) is 7.41. The highest BCUT2D eigenvalue weighted by atomic mass is 35.5. The van der Waals surface area contributed by atoms with Crippen LogP contribution in [0.4, 0.5) is 0 Å². The van der Waals surface area contributed by atoms with Gasteiger partial charge >= 0.3 is 0 Å². The molecule has 3 rings (SSSR count). The van der Waals surface area contributed by atoms with E-state index in [1.165, 1.54) is 18.4 Å². The molecule has 1 heterocycles. The molecule has 1 aromatic heterocycles. The van der Waals surface area contributed by atoms with E-state index < -0.39 is 0 Å². The van der Waals surface area contributed by atoms with E-state index >= 15 is 0 Å². The van der Waals surface area contributed by atoms with Gasteiger partial charge in [-0.1, -0.05) is 30.1 Å². The summed E-state index contributed by atoms with van der Waals surface area (Å²) in [5.41, 5.74) is 1.05. The zero-order valence-electron chi connectivity index (χ0n) is 14.5. The first-order chi connectivity index (χ1) is 11.2. The fourth-order valence-corrected chi connectivity index (χ4v) is 3.43. The van der Waals surface area contributed by atoms with E-state index in [4.69, 9.17) is 14.2 Å². The number of halogens is 1. The maximum atomic E-state index is 5.70. The number of aromatic nitrogens is 2. The van der Waals surface area contributed by atoms with E-state index in [2.05, 4.69) is 29.5 Å². The van der Waals surface area contributed by atoms with Crippen LogP contribution in [0.2, 0.25) is 0 Å². The average molecular weight is 352 g/mol. The smallest absolute Gasteiger partial charge is 0.237 e. The van der Waals surface area contributed by atoms with Crippen molar-refractivity contribution in [2.24, 2.45) is 0 Å². The quantitative estimate of drug-likeness (QED) is 0.863. The second-order valence-corrected chi connectivity index (χ2v) is 6.43. The second kappa shape index (κ2) is 7.99. The number of hydrogen-bond donors (Lipinski definition) is 1. The van der Waals surface area contributed by atoms with Crippen molar-refractivity contribution in [3.63, 3.8) is 0 Å². The predicted octanol–water partition coefficient (Wildman–Crippen LogP) is 3.51. The van der Waals surface area contributed by atoms with E-state index in [0.29, 0.717) is 6.04 Å². The van der Waals surface area contributed by atoms with Crippen LogP contribution in [0.3, 0.4) is 0 Å². The minimum atomic E-state index is -0.164. The van der Waals surface area contributed by atoms with E-state index in [0.717, 1.165) is 36.7 Å². The second-order valence-electron chi connectivity index (χ2n) is 6.43. The van der Waals surface area contributed by atoms with Crippen LogP contribution in [0, 0.1) is 0 Å². The molecule has 0 aliphatic heterocycles. The highest BCUT2D eigenvalue weighted by Gasteiger charge is 2.42. The number of hydrogen-bond acceptors (Lipinski definition) is 5. The normalized spacial score (nSPS) is 17.3. The molecule has 2 aromatic rings. The van der Waals surface area contributed by atoms with Gasteiger partial charge in [0, 0.05) is 12.5 Å². The van der Waals surface area contributed by atoms with E-state index in [1.54, 1.807) is 7.11 Å². The fourth-order valence-electron chi connectivity index (χ4n) is 3.43. The van der Waals surface area contributed by atoms with Gasteiger partial charge in [-0.05, 0) is 44.5 Å². The largest absolute Gasteiger partial charge is 0.497 e. The monoisotopic (exact) mass is 351 g/mol. The summed E-state index contributed by atoms with van der Waals surface area (Å²) >= 11 is 0. The van der Waals surface area contributed by atoms with Crippen LogP contribution in [-0.2, 0) is 11.8 Å². The lowest BCUT2D eigenvalue weighted by atomic mass is 9.78. The summed E-state index contributed by atoms with van der Waals surface area (Å²) in [4.78, 5) is 4.73. The number of nitrogens with one attached hydrogen (secondary N) is 1. The molecule has 5 nitrogen and oxygen atoms in total. The minimum Gasteiger partial charge on any atom is -0.497 e. The Balaban J connectivity index is 0.00000208. The lowest BCUT2D eigenvalue weighted by Crippen LogP contribution is -2.25. The molecule has 0 spiro atoms. The molecule has 132 valence electrons. The molecule has 24 heavy (non-hydrogen) atoms. The summed E-state index contributed by atoms with van der Waals surface area (Å²) in [6, 6.07) is 8.59. The lowest BCUT2D eigenvalue weighted by Gasteiger charge is -2.25. The topological polar surface area (TPSA) is 60.2 Å². The minimum absolute atomic E-state index is 0. The number of rotatable bonds is 6. The van der Waals surface area contributed by atoms with Crippen molar-refractivity contribution in [1.82, 2.24) is 15.5 Å². The van der Waals surface area contributed by atoms with E-state index in [9.17, 15) is 0 Å². The highest BCUT2D eigenvalue weighted by molar-refractivity contribution is 5.85. The Kier molecular flexibility index (Phi) is 6.24. The molecule has 1 atom stereocenters. The number of methoxy groups -OCH3 is 1. The molecule has 1 aromatic carbocycles. The molecule has 1 saturated carbocycles. The third-order valence-electron chi connectivity index (χ3n) is 4.94. The summed E-state index contributed by atoms with van der Waals surface area (Å²) in [7, 11) is 3.64. The molecule has 1 unspecified atom stereocenters. The summed E-state index contributed by atoms with van der Waals surface area (Å²) < 4.78 is 11.1. The molecule has 0 saturated heterocycles. The van der Waals surface area contributed by atoms with Crippen LogP contribution in [0.15, 0.2) is 28.8 Å². The zero-order valence-corrected chi connectivity index (χ0v) is 15.4. The maximum absolute atomic E-state index is 5.70. The highest BCUT2D eigenvalue weighted by Crippen LogP contribution is 2.46. The van der Waals surface area contributed by atoms with Gasteiger partial charge in [-0.15, -0.1) is 12.4 Å². The van der Waals surface area contributed by atoms with Crippen molar-refractivity contribution in [3.8, 4) is 5.75 Å². The van der Waals surface area contributed by atoms with Crippen LogP contribution >= 0.6 is 12.4 Å². The molecular weight excluding hydrogens is 326 g/mol. The average Bonchev–Trinajstić information content (AvgIpc) is 3.24. The van der Waals surface area contributed by atoms with E-state index in [1.807, 2.05) is 19.2 Å². The van der Waals surface area contributed by atoms with Crippen molar-refractivity contribution in [1.29, 1.82) is 0 Å². The van der Waals surface area contributed by atoms with Gasteiger partial charge < -0.3 is 14.6 Å². The Morgan fingerprint density at radius 3 is 2.75 bits per heavy atom. The molecule has 1 fully saturated rings. The summed E-state index contributed by atoms with van der Waals surface area (Å²) in [5.74, 6) is 2.40. The van der Waals surface area contributed by atoms with Gasteiger partial charge in [0.1, 0.15) is 5.75 Å². The Labute approximate surface area is 149 Å². The van der Waals surface area contributed by atoms with Gasteiger partial charge in [0.25, 0.3) is 0 Å². The first-order valence-corrected chi connectivity index (χ1v) is 8.33. The Hall–Kier alpha value is -1.59. The Morgan fingerprint density at radius 1 is 1.33 bits per heavy atom. The molecule has 6 heteroatoms. The standard InChI is InChI=1S/C18H25N3O2.ClH/c1-13(19-2)11-16-20-17(23-21-16)18(9-4-5-10-18)14-7-6-8-15(12-14)22-3;/h6-8,12-13,19H,4-5,9-11H2,1-3H3;1H. The van der Waals surface area contributed by atoms with E-state index in [-0.39, 0.29) is 17.8 Å². The molecule has 0 radical (unpaired) electrons. The van der Waals surface area contributed by atoms with Crippen molar-refractivity contribution >= 4 is 12.4 Å². The summed E-state index contributed by atoms with van der Waals surface area (Å²) in [6.07, 6.45) is 5.23. The molecular formula is C18H26ClN3O2. The molecule has 1 aliphatic rings. The number of nitrogens with zero attached hydrogens (tertiary/aromatic N) is 2. The van der Waals surface area contributed by atoms with Crippen LogP contribution in [0.1, 0.15) is 49.9 Å².